The van der Waals surface area contributed by atoms with Gasteiger partial charge in [-0.3, -0.25) is 14.5 Å². The fraction of sp³-hybridized carbons (Fsp3) is 0.579. The Kier molecular flexibility index (Phi) is 4.90. The summed E-state index contributed by atoms with van der Waals surface area (Å²) >= 11 is 6.32. The molecule has 0 bridgehead atoms. The molecule has 26 heavy (non-hydrogen) atoms. The van der Waals surface area contributed by atoms with Crippen LogP contribution in [-0.2, 0) is 11.2 Å². The smallest absolute Gasteiger partial charge is 0.255 e. The Balaban J connectivity index is 1.41. The van der Waals surface area contributed by atoms with E-state index in [2.05, 4.69) is 22.2 Å². The third-order valence-electron chi connectivity index (χ3n) is 5.77. The molecular formula is C19H25ClN4O2. The number of hydrogen-bond acceptors (Lipinski definition) is 4. The van der Waals surface area contributed by atoms with Gasteiger partial charge in [-0.2, -0.15) is 0 Å². The van der Waals surface area contributed by atoms with Gasteiger partial charge in [0.05, 0.1) is 17.0 Å². The van der Waals surface area contributed by atoms with E-state index in [9.17, 15) is 9.59 Å². The van der Waals surface area contributed by atoms with Crippen LogP contribution < -0.4 is 5.32 Å². The van der Waals surface area contributed by atoms with Crippen molar-refractivity contribution in [2.45, 2.75) is 25.3 Å². The number of rotatable bonds is 2. The summed E-state index contributed by atoms with van der Waals surface area (Å²) < 4.78 is 0. The third-order valence-corrected chi connectivity index (χ3v) is 6.08. The number of nitrogens with one attached hydrogen (secondary N) is 1. The molecule has 4 rings (SSSR count). The van der Waals surface area contributed by atoms with Gasteiger partial charge >= 0.3 is 0 Å². The number of piperazine rings is 1. The van der Waals surface area contributed by atoms with Crippen LogP contribution in [0, 0.1) is 0 Å². The normalized spacial score (nSPS) is 24.5. The molecule has 1 atom stereocenters. The number of benzene rings is 1. The number of likely N-dealkylation sites (N-methyl/N-ethyl adjacent to an activating group) is 1. The minimum atomic E-state index is -0.0493. The van der Waals surface area contributed by atoms with E-state index in [4.69, 9.17) is 11.6 Å². The monoisotopic (exact) mass is 376 g/mol. The Labute approximate surface area is 159 Å². The van der Waals surface area contributed by atoms with E-state index in [0.29, 0.717) is 23.0 Å². The van der Waals surface area contributed by atoms with Gasteiger partial charge in [0.1, 0.15) is 0 Å². The van der Waals surface area contributed by atoms with Crippen LogP contribution in [0.15, 0.2) is 12.1 Å². The SMILES string of the molecule is CN1CCCC(N2CCN(C(=O)c3cc4c(cc3Cl)NC(=O)C4)CC2)C1. The minimum absolute atomic E-state index is 0.0300. The zero-order chi connectivity index (χ0) is 18.3. The third kappa shape index (κ3) is 3.46. The maximum Gasteiger partial charge on any atom is 0.255 e. The topological polar surface area (TPSA) is 55.9 Å². The molecule has 140 valence electrons. The summed E-state index contributed by atoms with van der Waals surface area (Å²) in [5, 5.41) is 3.18. The fourth-order valence-electron chi connectivity index (χ4n) is 4.31. The fourth-order valence-corrected chi connectivity index (χ4v) is 4.55. The van der Waals surface area contributed by atoms with Crippen LogP contribution in [-0.4, -0.2) is 78.9 Å². The zero-order valence-corrected chi connectivity index (χ0v) is 15.9. The van der Waals surface area contributed by atoms with E-state index in [1.54, 1.807) is 12.1 Å². The van der Waals surface area contributed by atoms with Gasteiger partial charge in [-0.1, -0.05) is 11.6 Å². The van der Waals surface area contributed by atoms with Crippen LogP contribution >= 0.6 is 11.6 Å². The lowest BCUT2D eigenvalue weighted by Gasteiger charge is -2.42. The largest absolute Gasteiger partial charge is 0.336 e. The predicted molar refractivity (Wildman–Crippen MR) is 102 cm³/mol. The summed E-state index contributed by atoms with van der Waals surface area (Å²) in [4.78, 5) is 31.3. The van der Waals surface area contributed by atoms with Crippen molar-refractivity contribution in [1.82, 2.24) is 14.7 Å². The molecule has 2 saturated heterocycles. The zero-order valence-electron chi connectivity index (χ0n) is 15.1. The highest BCUT2D eigenvalue weighted by Gasteiger charge is 2.30. The summed E-state index contributed by atoms with van der Waals surface area (Å²) in [6.07, 6.45) is 2.81. The first kappa shape index (κ1) is 17.8. The van der Waals surface area contributed by atoms with Gasteiger partial charge in [0.15, 0.2) is 0 Å². The highest BCUT2D eigenvalue weighted by Crippen LogP contribution is 2.30. The standard InChI is InChI=1S/C19H25ClN4O2/c1-22-4-2-3-14(12-22)23-5-7-24(8-6-23)19(26)15-9-13-10-18(25)21-17(13)11-16(15)20/h9,11,14H,2-8,10,12H2,1H3,(H,21,25). The molecule has 0 aliphatic carbocycles. The highest BCUT2D eigenvalue weighted by molar-refractivity contribution is 6.34. The van der Waals surface area contributed by atoms with Crippen molar-refractivity contribution in [3.05, 3.63) is 28.3 Å². The molecule has 3 aliphatic rings. The van der Waals surface area contributed by atoms with E-state index in [-0.39, 0.29) is 11.8 Å². The average Bonchev–Trinajstić information content (AvgIpc) is 2.99. The van der Waals surface area contributed by atoms with Crippen molar-refractivity contribution in [2.24, 2.45) is 0 Å². The van der Waals surface area contributed by atoms with E-state index < -0.39 is 0 Å². The number of carbonyl (C=O) groups excluding carboxylic acids is 2. The molecule has 1 unspecified atom stereocenters. The van der Waals surface area contributed by atoms with Crippen molar-refractivity contribution < 1.29 is 9.59 Å². The lowest BCUT2D eigenvalue weighted by atomic mass is 10.0. The first-order valence-electron chi connectivity index (χ1n) is 9.35. The molecular weight excluding hydrogens is 352 g/mol. The van der Waals surface area contributed by atoms with Crippen LogP contribution in [0.25, 0.3) is 0 Å². The maximum absolute atomic E-state index is 12.9. The number of likely N-dealkylation sites (tertiary alicyclic amines) is 1. The highest BCUT2D eigenvalue weighted by atomic mass is 35.5. The van der Waals surface area contributed by atoms with E-state index >= 15 is 0 Å². The van der Waals surface area contributed by atoms with Crippen LogP contribution in [0.5, 0.6) is 0 Å². The van der Waals surface area contributed by atoms with Crippen LogP contribution in [0.3, 0.4) is 0 Å². The number of nitrogens with zero attached hydrogens (tertiary/aromatic N) is 3. The Hall–Kier alpha value is -1.63. The maximum atomic E-state index is 12.9. The minimum Gasteiger partial charge on any atom is -0.336 e. The second kappa shape index (κ2) is 7.18. The number of anilines is 1. The Morgan fingerprint density at radius 1 is 1.19 bits per heavy atom. The van der Waals surface area contributed by atoms with E-state index in [1.807, 2.05) is 4.90 Å². The molecule has 0 aromatic heterocycles. The molecule has 6 nitrogen and oxygen atoms in total. The van der Waals surface area contributed by atoms with Gasteiger partial charge < -0.3 is 15.1 Å². The lowest BCUT2D eigenvalue weighted by Crippen LogP contribution is -2.55. The van der Waals surface area contributed by atoms with E-state index in [0.717, 1.165) is 44.0 Å². The molecule has 1 aromatic carbocycles. The van der Waals surface area contributed by atoms with Crippen LogP contribution in [0.4, 0.5) is 5.69 Å². The van der Waals surface area contributed by atoms with Crippen molar-refractivity contribution >= 4 is 29.1 Å². The predicted octanol–water partition coefficient (Wildman–Crippen LogP) is 1.69. The molecule has 0 spiro atoms. The first-order valence-corrected chi connectivity index (χ1v) is 9.73. The number of amides is 2. The summed E-state index contributed by atoms with van der Waals surface area (Å²) in [7, 11) is 2.18. The van der Waals surface area contributed by atoms with Crippen LogP contribution in [0.2, 0.25) is 5.02 Å². The summed E-state index contributed by atoms with van der Waals surface area (Å²) in [5.74, 6) is -0.0794. The van der Waals surface area contributed by atoms with Crippen molar-refractivity contribution in [3.63, 3.8) is 0 Å². The van der Waals surface area contributed by atoms with Gasteiger partial charge in [0.25, 0.3) is 5.91 Å². The first-order chi connectivity index (χ1) is 12.5. The molecule has 0 radical (unpaired) electrons. The van der Waals surface area contributed by atoms with Crippen molar-refractivity contribution in [1.29, 1.82) is 0 Å². The summed E-state index contributed by atoms with van der Waals surface area (Å²) in [6.45, 7) is 5.57. The van der Waals surface area contributed by atoms with Crippen molar-refractivity contribution in [3.8, 4) is 0 Å². The van der Waals surface area contributed by atoms with Crippen molar-refractivity contribution in [2.75, 3.05) is 51.6 Å². The second-order valence-electron chi connectivity index (χ2n) is 7.60. The van der Waals surface area contributed by atoms with Gasteiger partial charge in [-0.25, -0.2) is 0 Å². The van der Waals surface area contributed by atoms with Gasteiger partial charge in [0, 0.05) is 44.5 Å². The Morgan fingerprint density at radius 3 is 2.69 bits per heavy atom. The molecule has 0 saturated carbocycles. The number of halogens is 1. The molecule has 3 aliphatic heterocycles. The molecule has 1 aromatic rings. The Bertz CT molecular complexity index is 730. The number of hydrogen-bond donors (Lipinski definition) is 1. The average molecular weight is 377 g/mol. The van der Waals surface area contributed by atoms with Gasteiger partial charge in [-0.05, 0) is 44.1 Å². The molecule has 3 heterocycles. The van der Waals surface area contributed by atoms with Gasteiger partial charge in [0.2, 0.25) is 5.91 Å². The number of piperidine rings is 1. The van der Waals surface area contributed by atoms with E-state index in [1.165, 1.54) is 19.4 Å². The molecule has 1 N–H and O–H groups in total. The lowest BCUT2D eigenvalue weighted by molar-refractivity contribution is -0.115. The summed E-state index contributed by atoms with van der Waals surface area (Å²) in [5.41, 5.74) is 2.09. The second-order valence-corrected chi connectivity index (χ2v) is 8.01. The molecule has 2 fully saturated rings. The number of fused-ring (bicyclic) bond motifs is 1. The van der Waals surface area contributed by atoms with Crippen LogP contribution in [0.1, 0.15) is 28.8 Å². The number of carbonyl (C=O) groups is 2. The molecule has 7 heteroatoms. The Morgan fingerprint density at radius 2 is 1.96 bits per heavy atom. The molecule has 2 amide bonds. The quantitative estimate of drug-likeness (QED) is 0.853. The van der Waals surface area contributed by atoms with Gasteiger partial charge in [-0.15, -0.1) is 0 Å². The summed E-state index contributed by atoms with van der Waals surface area (Å²) in [6, 6.07) is 4.08.